The lowest BCUT2D eigenvalue weighted by Crippen LogP contribution is -2.37. The quantitative estimate of drug-likeness (QED) is 0.884. The van der Waals surface area contributed by atoms with Crippen molar-refractivity contribution in [1.82, 2.24) is 10.2 Å². The van der Waals surface area contributed by atoms with E-state index in [0.29, 0.717) is 30.2 Å². The number of hydrogen-bond donors (Lipinski definition) is 1. The van der Waals surface area contributed by atoms with Crippen LogP contribution in [0, 0.1) is 0 Å². The van der Waals surface area contributed by atoms with Gasteiger partial charge in [-0.25, -0.2) is 0 Å². The van der Waals surface area contributed by atoms with Gasteiger partial charge in [0.2, 0.25) is 5.91 Å². The smallest absolute Gasteiger partial charge is 0.251 e. The van der Waals surface area contributed by atoms with Crippen molar-refractivity contribution in [3.63, 3.8) is 0 Å². The van der Waals surface area contributed by atoms with Crippen LogP contribution < -0.4 is 5.32 Å². The Morgan fingerprint density at radius 3 is 2.30 bits per heavy atom. The van der Waals surface area contributed by atoms with Crippen LogP contribution in [0.1, 0.15) is 22.8 Å². The molecule has 0 aliphatic heterocycles. The van der Waals surface area contributed by atoms with Crippen molar-refractivity contribution in [2.24, 2.45) is 0 Å². The van der Waals surface area contributed by atoms with Crippen molar-refractivity contribution in [2.75, 3.05) is 13.1 Å². The molecular formula is C18H19ClN2O2. The van der Waals surface area contributed by atoms with Gasteiger partial charge in [-0.15, -0.1) is 0 Å². The molecular weight excluding hydrogens is 312 g/mol. The molecule has 0 saturated heterocycles. The minimum atomic E-state index is -0.138. The van der Waals surface area contributed by atoms with Gasteiger partial charge in [0.05, 0.1) is 0 Å². The van der Waals surface area contributed by atoms with E-state index in [1.165, 1.54) is 6.92 Å². The summed E-state index contributed by atoms with van der Waals surface area (Å²) in [5, 5.41) is 3.49. The third-order valence-corrected chi connectivity index (χ3v) is 3.69. The molecule has 2 aromatic carbocycles. The normalized spacial score (nSPS) is 10.2. The second kappa shape index (κ2) is 8.34. The van der Waals surface area contributed by atoms with E-state index >= 15 is 0 Å². The van der Waals surface area contributed by atoms with E-state index in [9.17, 15) is 9.59 Å². The second-order valence-corrected chi connectivity index (χ2v) is 5.63. The van der Waals surface area contributed by atoms with E-state index in [1.54, 1.807) is 29.2 Å². The van der Waals surface area contributed by atoms with Gasteiger partial charge in [0.25, 0.3) is 5.91 Å². The van der Waals surface area contributed by atoms with Crippen LogP contribution in [-0.2, 0) is 11.3 Å². The van der Waals surface area contributed by atoms with E-state index < -0.39 is 0 Å². The fraction of sp³-hybridized carbons (Fsp3) is 0.222. The van der Waals surface area contributed by atoms with Gasteiger partial charge >= 0.3 is 0 Å². The number of hydrogen-bond acceptors (Lipinski definition) is 2. The van der Waals surface area contributed by atoms with E-state index in [0.717, 1.165) is 5.56 Å². The molecule has 0 aliphatic rings. The molecule has 0 heterocycles. The summed E-state index contributed by atoms with van der Waals surface area (Å²) in [6.07, 6.45) is 0. The van der Waals surface area contributed by atoms with Gasteiger partial charge in [-0.05, 0) is 29.8 Å². The Morgan fingerprint density at radius 1 is 1.04 bits per heavy atom. The van der Waals surface area contributed by atoms with Crippen LogP contribution in [0.25, 0.3) is 0 Å². The minimum Gasteiger partial charge on any atom is -0.350 e. The van der Waals surface area contributed by atoms with Crippen molar-refractivity contribution in [3.8, 4) is 0 Å². The van der Waals surface area contributed by atoms with Crippen molar-refractivity contribution in [3.05, 3.63) is 70.7 Å². The van der Waals surface area contributed by atoms with Gasteiger partial charge in [0.1, 0.15) is 0 Å². The lowest BCUT2D eigenvalue weighted by molar-refractivity contribution is -0.129. The average molecular weight is 331 g/mol. The number of carbonyl (C=O) groups is 2. The van der Waals surface area contributed by atoms with E-state index in [1.807, 2.05) is 30.3 Å². The molecule has 1 N–H and O–H groups in total. The third kappa shape index (κ3) is 5.42. The predicted octanol–water partition coefficient (Wildman–Crippen LogP) is 3.12. The first kappa shape index (κ1) is 17.0. The Kier molecular flexibility index (Phi) is 6.18. The maximum Gasteiger partial charge on any atom is 0.251 e. The van der Waals surface area contributed by atoms with E-state index in [4.69, 9.17) is 11.6 Å². The highest BCUT2D eigenvalue weighted by Crippen LogP contribution is 2.11. The molecule has 0 unspecified atom stereocenters. The highest BCUT2D eigenvalue weighted by Gasteiger charge is 2.10. The van der Waals surface area contributed by atoms with Crippen molar-refractivity contribution < 1.29 is 9.59 Å². The van der Waals surface area contributed by atoms with Gasteiger partial charge in [-0.3, -0.25) is 9.59 Å². The summed E-state index contributed by atoms with van der Waals surface area (Å²) in [5.74, 6) is -0.172. The molecule has 4 nitrogen and oxygen atoms in total. The highest BCUT2D eigenvalue weighted by molar-refractivity contribution is 6.30. The summed E-state index contributed by atoms with van der Waals surface area (Å²) >= 11 is 5.86. The van der Waals surface area contributed by atoms with Crippen LogP contribution in [0.4, 0.5) is 0 Å². The number of nitrogens with zero attached hydrogens (tertiary/aromatic N) is 1. The average Bonchev–Trinajstić information content (AvgIpc) is 2.56. The SMILES string of the molecule is CC(=O)N(CCNC(=O)c1ccccc1)Cc1ccc(Cl)cc1. The first-order valence-corrected chi connectivity index (χ1v) is 7.77. The fourth-order valence-corrected chi connectivity index (χ4v) is 2.28. The van der Waals surface area contributed by atoms with Crippen LogP contribution in [0.15, 0.2) is 54.6 Å². The molecule has 0 atom stereocenters. The zero-order chi connectivity index (χ0) is 16.7. The molecule has 2 amide bonds. The molecule has 0 bridgehead atoms. The van der Waals surface area contributed by atoms with Gasteiger partial charge in [0, 0.05) is 37.1 Å². The Labute approximate surface area is 141 Å². The zero-order valence-electron chi connectivity index (χ0n) is 13.0. The molecule has 2 rings (SSSR count). The zero-order valence-corrected chi connectivity index (χ0v) is 13.7. The fourth-order valence-electron chi connectivity index (χ4n) is 2.15. The van der Waals surface area contributed by atoms with Crippen LogP contribution in [0.2, 0.25) is 5.02 Å². The lowest BCUT2D eigenvalue weighted by Gasteiger charge is -2.21. The predicted molar refractivity (Wildman–Crippen MR) is 91.3 cm³/mol. The summed E-state index contributed by atoms with van der Waals surface area (Å²) in [5.41, 5.74) is 1.61. The molecule has 0 aromatic heterocycles. The Hall–Kier alpha value is -2.33. The van der Waals surface area contributed by atoms with Gasteiger partial charge in [-0.1, -0.05) is 41.9 Å². The molecule has 0 radical (unpaired) electrons. The Morgan fingerprint density at radius 2 is 1.70 bits per heavy atom. The maximum absolute atomic E-state index is 12.0. The summed E-state index contributed by atoms with van der Waals surface area (Å²) in [6, 6.07) is 16.4. The largest absolute Gasteiger partial charge is 0.350 e. The van der Waals surface area contributed by atoms with Gasteiger partial charge < -0.3 is 10.2 Å². The Balaban J connectivity index is 1.86. The molecule has 0 saturated carbocycles. The number of carbonyl (C=O) groups excluding carboxylic acids is 2. The molecule has 0 aliphatic carbocycles. The molecule has 2 aromatic rings. The standard InChI is InChI=1S/C18H19ClN2O2/c1-14(22)21(13-15-7-9-17(19)10-8-15)12-11-20-18(23)16-5-3-2-4-6-16/h2-10H,11-13H2,1H3,(H,20,23). The third-order valence-electron chi connectivity index (χ3n) is 3.44. The van der Waals surface area contributed by atoms with Crippen molar-refractivity contribution in [1.29, 1.82) is 0 Å². The molecule has 0 fully saturated rings. The molecule has 120 valence electrons. The summed E-state index contributed by atoms with van der Waals surface area (Å²) < 4.78 is 0. The van der Waals surface area contributed by atoms with Crippen molar-refractivity contribution in [2.45, 2.75) is 13.5 Å². The van der Waals surface area contributed by atoms with Crippen LogP contribution in [0.3, 0.4) is 0 Å². The maximum atomic E-state index is 12.0. The Bertz CT molecular complexity index is 656. The van der Waals surface area contributed by atoms with E-state index in [-0.39, 0.29) is 11.8 Å². The number of benzene rings is 2. The minimum absolute atomic E-state index is 0.0334. The summed E-state index contributed by atoms with van der Waals surface area (Å²) in [7, 11) is 0. The van der Waals surface area contributed by atoms with Gasteiger partial charge in [-0.2, -0.15) is 0 Å². The summed E-state index contributed by atoms with van der Waals surface area (Å²) in [4.78, 5) is 25.4. The molecule has 5 heteroatoms. The lowest BCUT2D eigenvalue weighted by atomic mass is 10.2. The topological polar surface area (TPSA) is 49.4 Å². The molecule has 0 spiro atoms. The van der Waals surface area contributed by atoms with Crippen molar-refractivity contribution >= 4 is 23.4 Å². The monoisotopic (exact) mass is 330 g/mol. The molecule has 23 heavy (non-hydrogen) atoms. The first-order chi connectivity index (χ1) is 11.1. The summed E-state index contributed by atoms with van der Waals surface area (Å²) in [6.45, 7) is 2.88. The number of halogens is 1. The first-order valence-electron chi connectivity index (χ1n) is 7.39. The van der Waals surface area contributed by atoms with Crippen LogP contribution in [-0.4, -0.2) is 29.8 Å². The number of rotatable bonds is 6. The van der Waals surface area contributed by atoms with Crippen LogP contribution >= 0.6 is 11.6 Å². The number of amides is 2. The highest BCUT2D eigenvalue weighted by atomic mass is 35.5. The van der Waals surface area contributed by atoms with Crippen LogP contribution in [0.5, 0.6) is 0 Å². The second-order valence-electron chi connectivity index (χ2n) is 5.19. The van der Waals surface area contributed by atoms with E-state index in [2.05, 4.69) is 5.32 Å². The van der Waals surface area contributed by atoms with Gasteiger partial charge in [0.15, 0.2) is 0 Å². The number of nitrogens with one attached hydrogen (secondary N) is 1.